The van der Waals surface area contributed by atoms with Crippen molar-refractivity contribution >= 4 is 29.5 Å². The molecule has 2 saturated heterocycles. The molecule has 0 aliphatic carbocycles. The first-order valence-corrected chi connectivity index (χ1v) is 19.5. The zero-order valence-electron chi connectivity index (χ0n) is 32.5. The van der Waals surface area contributed by atoms with Gasteiger partial charge in [0, 0.05) is 90.6 Å². The van der Waals surface area contributed by atoms with Crippen LogP contribution in [0.1, 0.15) is 41.7 Å². The second-order valence-electron chi connectivity index (χ2n) is 14.5. The number of ether oxygens (including phenoxy) is 1. The van der Waals surface area contributed by atoms with Gasteiger partial charge in [-0.05, 0) is 71.7 Å². The van der Waals surface area contributed by atoms with Gasteiger partial charge in [0.15, 0.2) is 0 Å². The summed E-state index contributed by atoms with van der Waals surface area (Å²) in [7, 11) is 0. The summed E-state index contributed by atoms with van der Waals surface area (Å²) in [6.07, 6.45) is -1.36. The third-order valence-corrected chi connectivity index (χ3v) is 10.6. The lowest BCUT2D eigenvalue weighted by Crippen LogP contribution is -2.56. The predicted molar refractivity (Wildman–Crippen MR) is 215 cm³/mol. The van der Waals surface area contributed by atoms with Crippen LogP contribution in [0.15, 0.2) is 109 Å². The van der Waals surface area contributed by atoms with E-state index in [0.29, 0.717) is 64.5 Å². The van der Waals surface area contributed by atoms with Gasteiger partial charge in [-0.1, -0.05) is 66.7 Å². The molecule has 0 aromatic heterocycles. The molecule has 0 spiro atoms. The third-order valence-electron chi connectivity index (χ3n) is 10.6. The van der Waals surface area contributed by atoms with Crippen LogP contribution in [0.3, 0.4) is 0 Å². The van der Waals surface area contributed by atoms with Gasteiger partial charge < -0.3 is 24.3 Å². The quantitative estimate of drug-likeness (QED) is 0.140. The van der Waals surface area contributed by atoms with E-state index < -0.39 is 23.7 Å². The molecule has 57 heavy (non-hydrogen) atoms. The van der Waals surface area contributed by atoms with Crippen molar-refractivity contribution in [3.8, 4) is 5.75 Å². The minimum absolute atomic E-state index is 0.0625. The molecule has 2 fully saturated rings. The average Bonchev–Trinajstić information content (AvgIpc) is 3.22. The lowest BCUT2D eigenvalue weighted by Gasteiger charge is -2.39. The van der Waals surface area contributed by atoms with Crippen LogP contribution in [0.5, 0.6) is 5.75 Å². The van der Waals surface area contributed by atoms with Gasteiger partial charge in [0.1, 0.15) is 11.8 Å². The molecule has 3 amide bonds. The minimum atomic E-state index is -4.47. The van der Waals surface area contributed by atoms with Crippen LogP contribution in [0, 0.1) is 0 Å². The number of carbonyl (C=O) groups is 3. The molecule has 2 heterocycles. The van der Waals surface area contributed by atoms with Gasteiger partial charge in [-0.3, -0.25) is 19.3 Å². The van der Waals surface area contributed by atoms with Gasteiger partial charge in [-0.25, -0.2) is 0 Å². The van der Waals surface area contributed by atoms with E-state index in [1.165, 1.54) is 24.3 Å². The van der Waals surface area contributed by atoms with Gasteiger partial charge >= 0.3 is 6.18 Å². The van der Waals surface area contributed by atoms with Crippen LogP contribution in [0.4, 0.5) is 18.9 Å². The van der Waals surface area contributed by atoms with Crippen molar-refractivity contribution in [2.75, 3.05) is 63.9 Å². The zero-order chi connectivity index (χ0) is 40.4. The summed E-state index contributed by atoms with van der Waals surface area (Å²) < 4.78 is 45.3. The van der Waals surface area contributed by atoms with E-state index in [-0.39, 0.29) is 24.8 Å². The maximum absolute atomic E-state index is 14.7. The Kier molecular flexibility index (Phi) is 13.7. The molecular weight excluding hydrogens is 732 g/mol. The molecule has 6 rings (SSSR count). The summed E-state index contributed by atoms with van der Waals surface area (Å²) in [5, 5.41) is 0. The SMILES string of the molecule is CCOc1ccc(CN2CCN(C(=O)[C@H](Cc3ccccc3)N(Cc3ccc(N4CCN(C(C)=O)CC4)cc3)C(=O)/C=C/c3ccc(C(F)(F)F)cc3)CC2)cc1. The smallest absolute Gasteiger partial charge is 0.416 e. The summed E-state index contributed by atoms with van der Waals surface area (Å²) in [5.41, 5.74) is 3.53. The van der Waals surface area contributed by atoms with Crippen molar-refractivity contribution in [3.05, 3.63) is 137 Å². The number of carbonyl (C=O) groups excluding carboxylic acids is 3. The topological polar surface area (TPSA) is 76.6 Å². The summed E-state index contributed by atoms with van der Waals surface area (Å²) in [6, 6.07) is 29.3. The number of anilines is 1. The molecule has 4 aromatic carbocycles. The molecule has 0 radical (unpaired) electrons. The van der Waals surface area contributed by atoms with Crippen LogP contribution in [0.25, 0.3) is 6.08 Å². The molecule has 2 aliphatic heterocycles. The Bertz CT molecular complexity index is 1960. The van der Waals surface area contributed by atoms with Gasteiger partial charge in [-0.15, -0.1) is 0 Å². The number of halogens is 3. The average molecular weight is 782 g/mol. The van der Waals surface area contributed by atoms with Gasteiger partial charge in [0.25, 0.3) is 0 Å². The molecule has 1 atom stereocenters. The molecule has 0 unspecified atom stereocenters. The molecule has 0 bridgehead atoms. The van der Waals surface area contributed by atoms with E-state index in [4.69, 9.17) is 4.74 Å². The van der Waals surface area contributed by atoms with E-state index in [1.54, 1.807) is 11.8 Å². The Morgan fingerprint density at radius 2 is 1.35 bits per heavy atom. The fourth-order valence-corrected chi connectivity index (χ4v) is 7.30. The molecule has 2 aliphatic rings. The van der Waals surface area contributed by atoms with E-state index in [0.717, 1.165) is 46.8 Å². The molecule has 12 heteroatoms. The lowest BCUT2D eigenvalue weighted by atomic mass is 10.0. The fourth-order valence-electron chi connectivity index (χ4n) is 7.30. The predicted octanol–water partition coefficient (Wildman–Crippen LogP) is 6.77. The summed E-state index contributed by atoms with van der Waals surface area (Å²) in [6.45, 7) is 10.0. The van der Waals surface area contributed by atoms with Crippen molar-refractivity contribution in [2.45, 2.75) is 45.6 Å². The zero-order valence-corrected chi connectivity index (χ0v) is 32.5. The third kappa shape index (κ3) is 11.3. The first-order valence-electron chi connectivity index (χ1n) is 19.5. The van der Waals surface area contributed by atoms with Gasteiger partial charge in [-0.2, -0.15) is 13.2 Å². The van der Waals surface area contributed by atoms with Crippen LogP contribution in [-0.4, -0.2) is 102 Å². The van der Waals surface area contributed by atoms with Crippen molar-refractivity contribution < 1.29 is 32.3 Å². The highest BCUT2D eigenvalue weighted by Gasteiger charge is 2.34. The van der Waals surface area contributed by atoms with Crippen molar-refractivity contribution in [1.82, 2.24) is 19.6 Å². The van der Waals surface area contributed by atoms with Crippen molar-refractivity contribution in [2.24, 2.45) is 0 Å². The number of alkyl halides is 3. The molecular formula is C45H50F3N5O4. The van der Waals surface area contributed by atoms with Crippen LogP contribution in [-0.2, 0) is 40.1 Å². The number of hydrogen-bond acceptors (Lipinski definition) is 6. The number of hydrogen-bond donors (Lipinski definition) is 0. The molecule has 4 aromatic rings. The Morgan fingerprint density at radius 1 is 0.737 bits per heavy atom. The molecule has 9 nitrogen and oxygen atoms in total. The number of piperazine rings is 2. The van der Waals surface area contributed by atoms with Crippen LogP contribution >= 0.6 is 0 Å². The standard InChI is InChI=1S/C45H50F3N5O4/c1-3-57-41-20-13-37(14-21-41)32-49-23-25-52(26-24-49)44(56)42(31-36-7-5-4-6-8-36)53(43(55)22-15-35-9-16-39(17-10-35)45(46,47)48)33-38-11-18-40(19-12-38)51-29-27-50(28-30-51)34(2)54/h4-22,42H,3,23-33H2,1-2H3/b22-15+/t42-/m0/s1. The monoisotopic (exact) mass is 781 g/mol. The maximum Gasteiger partial charge on any atom is 0.416 e. The lowest BCUT2D eigenvalue weighted by molar-refractivity contribution is -0.145. The Balaban J connectivity index is 1.23. The number of nitrogens with zero attached hydrogens (tertiary/aromatic N) is 5. The van der Waals surface area contributed by atoms with Gasteiger partial charge in [0.05, 0.1) is 12.2 Å². The fraction of sp³-hybridized carbons (Fsp3) is 0.356. The van der Waals surface area contributed by atoms with Crippen LogP contribution < -0.4 is 9.64 Å². The normalized spacial score (nSPS) is 15.8. The van der Waals surface area contributed by atoms with E-state index in [1.807, 2.05) is 83.5 Å². The first kappa shape index (κ1) is 41.0. The number of rotatable bonds is 13. The minimum Gasteiger partial charge on any atom is -0.494 e. The van der Waals surface area contributed by atoms with E-state index >= 15 is 0 Å². The summed E-state index contributed by atoms with van der Waals surface area (Å²) in [4.78, 5) is 50.6. The summed E-state index contributed by atoms with van der Waals surface area (Å²) in [5.74, 6) is 0.306. The maximum atomic E-state index is 14.7. The van der Waals surface area contributed by atoms with Crippen molar-refractivity contribution in [1.29, 1.82) is 0 Å². The van der Waals surface area contributed by atoms with Crippen LogP contribution in [0.2, 0.25) is 0 Å². The molecule has 0 N–H and O–H groups in total. The highest BCUT2D eigenvalue weighted by atomic mass is 19.4. The second kappa shape index (κ2) is 19.0. The van der Waals surface area contributed by atoms with E-state index in [9.17, 15) is 27.6 Å². The highest BCUT2D eigenvalue weighted by molar-refractivity contribution is 5.96. The number of amides is 3. The molecule has 0 saturated carbocycles. The van der Waals surface area contributed by atoms with Gasteiger partial charge in [0.2, 0.25) is 17.7 Å². The highest BCUT2D eigenvalue weighted by Crippen LogP contribution is 2.29. The largest absolute Gasteiger partial charge is 0.494 e. The number of benzene rings is 4. The summed E-state index contributed by atoms with van der Waals surface area (Å²) >= 11 is 0. The first-order chi connectivity index (χ1) is 27.5. The molecule has 300 valence electrons. The van der Waals surface area contributed by atoms with Crippen molar-refractivity contribution in [3.63, 3.8) is 0 Å². The van der Waals surface area contributed by atoms with E-state index in [2.05, 4.69) is 21.9 Å². The second-order valence-corrected chi connectivity index (χ2v) is 14.5. The Hall–Kier alpha value is -5.62. The Labute approximate surface area is 332 Å². The Morgan fingerprint density at radius 3 is 1.95 bits per heavy atom.